The fraction of sp³-hybridized carbons (Fsp3) is 0.571. The molecule has 0 spiro atoms. The monoisotopic (exact) mass is 236 g/mol. The van der Waals surface area contributed by atoms with Crippen molar-refractivity contribution in [3.05, 3.63) is 29.6 Å². The lowest BCUT2D eigenvalue weighted by atomic mass is 10.1. The minimum atomic E-state index is -0.179. The van der Waals surface area contributed by atoms with E-state index in [0.29, 0.717) is 11.6 Å². The molecule has 0 radical (unpaired) electrons. The third-order valence-corrected chi connectivity index (χ3v) is 3.69. The average molecular weight is 236 g/mol. The van der Waals surface area contributed by atoms with E-state index >= 15 is 0 Å². The van der Waals surface area contributed by atoms with Crippen LogP contribution in [0.25, 0.3) is 0 Å². The van der Waals surface area contributed by atoms with Crippen LogP contribution in [0.1, 0.15) is 38.2 Å². The van der Waals surface area contributed by atoms with Crippen LogP contribution in [0.15, 0.2) is 18.2 Å². The number of nitrogens with zero attached hydrogens (tertiary/aromatic N) is 1. The van der Waals surface area contributed by atoms with Gasteiger partial charge in [0.1, 0.15) is 5.82 Å². The van der Waals surface area contributed by atoms with Gasteiger partial charge < -0.3 is 10.6 Å². The SMILES string of the molecule is CCN(c1ccc(CN)c(F)c1)C1CCCC1. The molecule has 0 bridgehead atoms. The van der Waals surface area contributed by atoms with E-state index in [4.69, 9.17) is 5.73 Å². The second-order valence-corrected chi connectivity index (χ2v) is 4.70. The molecule has 1 aliphatic rings. The standard InChI is InChI=1S/C14H21FN2/c1-2-17(12-5-3-4-6-12)13-8-7-11(10-16)14(15)9-13/h7-9,12H,2-6,10,16H2,1H3. The van der Waals surface area contributed by atoms with Crippen molar-refractivity contribution in [1.82, 2.24) is 0 Å². The Morgan fingerprint density at radius 2 is 2.06 bits per heavy atom. The molecule has 0 unspecified atom stereocenters. The van der Waals surface area contributed by atoms with Gasteiger partial charge in [-0.2, -0.15) is 0 Å². The molecule has 1 aliphatic carbocycles. The average Bonchev–Trinajstić information content (AvgIpc) is 2.84. The first-order valence-corrected chi connectivity index (χ1v) is 6.51. The molecule has 0 amide bonds. The molecule has 3 heteroatoms. The molecule has 2 N–H and O–H groups in total. The van der Waals surface area contributed by atoms with Gasteiger partial charge in [-0.05, 0) is 31.9 Å². The molecule has 17 heavy (non-hydrogen) atoms. The molecule has 0 aliphatic heterocycles. The lowest BCUT2D eigenvalue weighted by Crippen LogP contribution is -2.33. The number of halogens is 1. The molecule has 2 nitrogen and oxygen atoms in total. The number of hydrogen-bond acceptors (Lipinski definition) is 2. The molecule has 1 aromatic rings. The third kappa shape index (κ3) is 2.60. The van der Waals surface area contributed by atoms with Gasteiger partial charge in [0.2, 0.25) is 0 Å². The summed E-state index contributed by atoms with van der Waals surface area (Å²) in [6.45, 7) is 3.33. The first-order valence-electron chi connectivity index (χ1n) is 6.51. The highest BCUT2D eigenvalue weighted by atomic mass is 19.1. The zero-order valence-electron chi connectivity index (χ0n) is 10.5. The van der Waals surface area contributed by atoms with E-state index in [1.807, 2.05) is 12.1 Å². The van der Waals surface area contributed by atoms with E-state index in [2.05, 4.69) is 11.8 Å². The van der Waals surface area contributed by atoms with Crippen LogP contribution in [0.5, 0.6) is 0 Å². The van der Waals surface area contributed by atoms with Crippen molar-refractivity contribution in [2.75, 3.05) is 11.4 Å². The normalized spacial score (nSPS) is 16.4. The van der Waals surface area contributed by atoms with Crippen molar-refractivity contribution in [2.24, 2.45) is 5.73 Å². The summed E-state index contributed by atoms with van der Waals surface area (Å²) < 4.78 is 13.7. The molecule has 0 heterocycles. The summed E-state index contributed by atoms with van der Waals surface area (Å²) >= 11 is 0. The largest absolute Gasteiger partial charge is 0.369 e. The van der Waals surface area contributed by atoms with Crippen LogP contribution in [0.2, 0.25) is 0 Å². The summed E-state index contributed by atoms with van der Waals surface area (Å²) in [6, 6.07) is 6.02. The smallest absolute Gasteiger partial charge is 0.129 e. The van der Waals surface area contributed by atoms with Gasteiger partial charge in [0.15, 0.2) is 0 Å². The molecule has 0 atom stereocenters. The Labute approximate surface area is 103 Å². The van der Waals surface area contributed by atoms with Crippen LogP contribution in [-0.2, 0) is 6.54 Å². The van der Waals surface area contributed by atoms with Gasteiger partial charge in [-0.1, -0.05) is 18.9 Å². The van der Waals surface area contributed by atoms with Crippen molar-refractivity contribution >= 4 is 5.69 Å². The zero-order valence-corrected chi connectivity index (χ0v) is 10.5. The second-order valence-electron chi connectivity index (χ2n) is 4.70. The molecule has 94 valence electrons. The Bertz CT molecular complexity index is 372. The molecule has 1 aromatic carbocycles. The molecular formula is C14H21FN2. The summed E-state index contributed by atoms with van der Waals surface area (Å²) in [4.78, 5) is 2.32. The van der Waals surface area contributed by atoms with E-state index < -0.39 is 0 Å². The Hall–Kier alpha value is -1.09. The minimum absolute atomic E-state index is 0.179. The Morgan fingerprint density at radius 1 is 1.35 bits per heavy atom. The van der Waals surface area contributed by atoms with Gasteiger partial charge in [-0.25, -0.2) is 4.39 Å². The fourth-order valence-electron chi connectivity index (χ4n) is 2.75. The van der Waals surface area contributed by atoms with Gasteiger partial charge in [0.25, 0.3) is 0 Å². The highest BCUT2D eigenvalue weighted by Gasteiger charge is 2.22. The van der Waals surface area contributed by atoms with Crippen molar-refractivity contribution in [3.63, 3.8) is 0 Å². The summed E-state index contributed by atoms with van der Waals surface area (Å²) in [7, 11) is 0. The van der Waals surface area contributed by atoms with Crippen LogP contribution in [0, 0.1) is 5.82 Å². The highest BCUT2D eigenvalue weighted by molar-refractivity contribution is 5.49. The molecule has 0 aromatic heterocycles. The van der Waals surface area contributed by atoms with Crippen molar-refractivity contribution in [3.8, 4) is 0 Å². The molecule has 0 saturated heterocycles. The quantitative estimate of drug-likeness (QED) is 0.870. The lowest BCUT2D eigenvalue weighted by Gasteiger charge is -2.30. The number of hydrogen-bond donors (Lipinski definition) is 1. The lowest BCUT2D eigenvalue weighted by molar-refractivity contribution is 0.597. The third-order valence-electron chi connectivity index (χ3n) is 3.69. The molecule has 1 fully saturated rings. The van der Waals surface area contributed by atoms with Crippen LogP contribution < -0.4 is 10.6 Å². The topological polar surface area (TPSA) is 29.3 Å². The van der Waals surface area contributed by atoms with Crippen molar-refractivity contribution in [1.29, 1.82) is 0 Å². The van der Waals surface area contributed by atoms with Crippen molar-refractivity contribution in [2.45, 2.75) is 45.2 Å². The Kier molecular flexibility index (Phi) is 4.00. The van der Waals surface area contributed by atoms with Gasteiger partial charge in [0.05, 0.1) is 0 Å². The first-order chi connectivity index (χ1) is 8.26. The van der Waals surface area contributed by atoms with E-state index in [1.165, 1.54) is 25.7 Å². The Morgan fingerprint density at radius 3 is 2.59 bits per heavy atom. The summed E-state index contributed by atoms with van der Waals surface area (Å²) in [5, 5.41) is 0. The van der Waals surface area contributed by atoms with Gasteiger partial charge >= 0.3 is 0 Å². The number of benzene rings is 1. The maximum Gasteiger partial charge on any atom is 0.129 e. The van der Waals surface area contributed by atoms with E-state index in [1.54, 1.807) is 6.07 Å². The second kappa shape index (κ2) is 5.50. The fourth-order valence-corrected chi connectivity index (χ4v) is 2.75. The highest BCUT2D eigenvalue weighted by Crippen LogP contribution is 2.28. The summed E-state index contributed by atoms with van der Waals surface area (Å²) in [6.07, 6.45) is 5.05. The zero-order chi connectivity index (χ0) is 12.3. The van der Waals surface area contributed by atoms with E-state index in [9.17, 15) is 4.39 Å². The summed E-state index contributed by atoms with van der Waals surface area (Å²) in [5.41, 5.74) is 7.07. The molecular weight excluding hydrogens is 215 g/mol. The minimum Gasteiger partial charge on any atom is -0.369 e. The van der Waals surface area contributed by atoms with Crippen LogP contribution in [-0.4, -0.2) is 12.6 Å². The predicted octanol–water partition coefficient (Wildman–Crippen LogP) is 3.05. The van der Waals surface area contributed by atoms with E-state index in [-0.39, 0.29) is 12.4 Å². The van der Waals surface area contributed by atoms with Gasteiger partial charge in [-0.15, -0.1) is 0 Å². The Balaban J connectivity index is 2.21. The van der Waals surface area contributed by atoms with Crippen molar-refractivity contribution < 1.29 is 4.39 Å². The summed E-state index contributed by atoms with van der Waals surface area (Å²) in [5.74, 6) is -0.179. The van der Waals surface area contributed by atoms with Crippen LogP contribution >= 0.6 is 0 Å². The number of anilines is 1. The van der Waals surface area contributed by atoms with Gasteiger partial charge in [0, 0.05) is 30.4 Å². The number of nitrogens with two attached hydrogens (primary N) is 1. The van der Waals surface area contributed by atoms with Gasteiger partial charge in [-0.3, -0.25) is 0 Å². The molecule has 2 rings (SSSR count). The number of rotatable bonds is 4. The molecule has 1 saturated carbocycles. The maximum absolute atomic E-state index is 13.7. The van der Waals surface area contributed by atoms with Crippen LogP contribution in [0.3, 0.4) is 0 Å². The van der Waals surface area contributed by atoms with Crippen LogP contribution in [0.4, 0.5) is 10.1 Å². The predicted molar refractivity (Wildman–Crippen MR) is 69.6 cm³/mol. The maximum atomic E-state index is 13.7. The van der Waals surface area contributed by atoms with E-state index in [0.717, 1.165) is 12.2 Å². The first kappa shape index (κ1) is 12.4.